The molecular weight excluding hydrogens is 364 g/mol. The molecule has 8 heteroatoms. The molecule has 0 spiro atoms. The van der Waals surface area contributed by atoms with Crippen molar-refractivity contribution in [2.75, 3.05) is 50.0 Å². The number of carbonyl (C=O) groups excluding carboxylic acids is 1. The standard InChI is InChI=1S/C19H26N4O3S/c1-21(2)27(25,26)23(18-12-8-5-9-13-18)16-19(24)20-14-15-22(3)17-10-6-4-7-11-17/h4-13H,14-16H2,1-3H3,(H,20,24). The van der Waals surface area contributed by atoms with Crippen LogP contribution in [0.25, 0.3) is 0 Å². The molecule has 7 nitrogen and oxygen atoms in total. The van der Waals surface area contributed by atoms with E-state index in [1.807, 2.05) is 42.3 Å². The second kappa shape index (κ2) is 9.38. The Balaban J connectivity index is 1.98. The maximum absolute atomic E-state index is 12.6. The number of hydrogen-bond donors (Lipinski definition) is 1. The first-order chi connectivity index (χ1) is 12.8. The molecule has 146 valence electrons. The third-order valence-electron chi connectivity index (χ3n) is 4.04. The van der Waals surface area contributed by atoms with Gasteiger partial charge in [-0.2, -0.15) is 12.7 Å². The maximum Gasteiger partial charge on any atom is 0.304 e. The van der Waals surface area contributed by atoms with Gasteiger partial charge in [-0.05, 0) is 24.3 Å². The minimum Gasteiger partial charge on any atom is -0.373 e. The topological polar surface area (TPSA) is 73.0 Å². The van der Waals surface area contributed by atoms with Gasteiger partial charge in [0.2, 0.25) is 5.91 Å². The van der Waals surface area contributed by atoms with Gasteiger partial charge in [0.25, 0.3) is 0 Å². The molecular formula is C19H26N4O3S. The first kappa shape index (κ1) is 20.7. The Morgan fingerprint density at radius 1 is 0.889 bits per heavy atom. The van der Waals surface area contributed by atoms with Crippen LogP contribution in [0, 0.1) is 0 Å². The number of likely N-dealkylation sites (N-methyl/N-ethyl adjacent to an activating group) is 1. The number of nitrogens with one attached hydrogen (secondary N) is 1. The minimum absolute atomic E-state index is 0.278. The van der Waals surface area contributed by atoms with Gasteiger partial charge < -0.3 is 10.2 Å². The molecule has 1 N–H and O–H groups in total. The van der Waals surface area contributed by atoms with Crippen LogP contribution in [-0.4, -0.2) is 59.4 Å². The van der Waals surface area contributed by atoms with Crippen molar-refractivity contribution in [1.82, 2.24) is 9.62 Å². The number of amides is 1. The molecule has 2 rings (SSSR count). The lowest BCUT2D eigenvalue weighted by molar-refractivity contribution is -0.119. The summed E-state index contributed by atoms with van der Waals surface area (Å²) in [6.07, 6.45) is 0. The molecule has 0 fully saturated rings. The Hall–Kier alpha value is -2.58. The molecule has 0 aliphatic heterocycles. The third kappa shape index (κ3) is 5.70. The zero-order valence-corrected chi connectivity index (χ0v) is 16.7. The van der Waals surface area contributed by atoms with Crippen molar-refractivity contribution in [1.29, 1.82) is 0 Å². The van der Waals surface area contributed by atoms with Gasteiger partial charge in [0.15, 0.2) is 0 Å². The molecule has 2 aromatic carbocycles. The van der Waals surface area contributed by atoms with Gasteiger partial charge in [-0.15, -0.1) is 0 Å². The van der Waals surface area contributed by atoms with Crippen LogP contribution in [0.1, 0.15) is 0 Å². The SMILES string of the molecule is CN(CCNC(=O)CN(c1ccccc1)S(=O)(=O)N(C)C)c1ccccc1. The second-order valence-corrected chi connectivity index (χ2v) is 8.31. The molecule has 0 atom stereocenters. The van der Waals surface area contributed by atoms with E-state index >= 15 is 0 Å². The van der Waals surface area contributed by atoms with Crippen LogP contribution < -0.4 is 14.5 Å². The number of para-hydroxylation sites is 2. The molecule has 0 saturated heterocycles. The highest BCUT2D eigenvalue weighted by atomic mass is 32.2. The van der Waals surface area contributed by atoms with Crippen molar-refractivity contribution < 1.29 is 13.2 Å². The first-order valence-corrected chi connectivity index (χ1v) is 10.00. The van der Waals surface area contributed by atoms with Crippen LogP contribution in [0.2, 0.25) is 0 Å². The summed E-state index contributed by atoms with van der Waals surface area (Å²) in [5, 5.41) is 2.79. The molecule has 0 bridgehead atoms. The molecule has 0 aromatic heterocycles. The van der Waals surface area contributed by atoms with E-state index < -0.39 is 10.2 Å². The van der Waals surface area contributed by atoms with Crippen LogP contribution in [0.3, 0.4) is 0 Å². The fraction of sp³-hybridized carbons (Fsp3) is 0.316. The molecule has 0 unspecified atom stereocenters. The molecule has 0 radical (unpaired) electrons. The van der Waals surface area contributed by atoms with Crippen molar-refractivity contribution in [2.24, 2.45) is 0 Å². The summed E-state index contributed by atoms with van der Waals surface area (Å²) < 4.78 is 27.4. The van der Waals surface area contributed by atoms with Gasteiger partial charge in [-0.25, -0.2) is 4.31 Å². The average Bonchev–Trinajstić information content (AvgIpc) is 2.67. The number of benzene rings is 2. The highest BCUT2D eigenvalue weighted by molar-refractivity contribution is 7.90. The Kier molecular flexibility index (Phi) is 7.20. The van der Waals surface area contributed by atoms with E-state index in [1.54, 1.807) is 30.3 Å². The predicted octanol–water partition coefficient (Wildman–Crippen LogP) is 1.55. The van der Waals surface area contributed by atoms with E-state index in [9.17, 15) is 13.2 Å². The van der Waals surface area contributed by atoms with E-state index in [0.717, 1.165) is 14.3 Å². The van der Waals surface area contributed by atoms with Gasteiger partial charge in [0.05, 0.1) is 5.69 Å². The lowest BCUT2D eigenvalue weighted by Crippen LogP contribution is -2.46. The lowest BCUT2D eigenvalue weighted by atomic mass is 10.3. The predicted molar refractivity (Wildman–Crippen MR) is 109 cm³/mol. The maximum atomic E-state index is 12.6. The third-order valence-corrected chi connectivity index (χ3v) is 5.86. The van der Waals surface area contributed by atoms with Gasteiger partial charge >= 0.3 is 10.2 Å². The van der Waals surface area contributed by atoms with Crippen molar-refractivity contribution in [3.8, 4) is 0 Å². The summed E-state index contributed by atoms with van der Waals surface area (Å²) in [5.74, 6) is -0.356. The van der Waals surface area contributed by atoms with Gasteiger partial charge in [-0.3, -0.25) is 4.79 Å². The summed E-state index contributed by atoms with van der Waals surface area (Å²) in [6.45, 7) is 0.746. The van der Waals surface area contributed by atoms with Gasteiger partial charge in [0, 0.05) is 39.9 Å². The fourth-order valence-electron chi connectivity index (χ4n) is 2.46. The molecule has 27 heavy (non-hydrogen) atoms. The Morgan fingerprint density at radius 2 is 1.41 bits per heavy atom. The van der Waals surface area contributed by atoms with Crippen LogP contribution in [-0.2, 0) is 15.0 Å². The second-order valence-electron chi connectivity index (χ2n) is 6.24. The highest BCUT2D eigenvalue weighted by Gasteiger charge is 2.26. The number of rotatable bonds is 9. The van der Waals surface area contributed by atoms with E-state index in [-0.39, 0.29) is 12.5 Å². The highest BCUT2D eigenvalue weighted by Crippen LogP contribution is 2.18. The van der Waals surface area contributed by atoms with Crippen molar-refractivity contribution >= 4 is 27.5 Å². The summed E-state index contributed by atoms with van der Waals surface area (Å²) in [4.78, 5) is 14.4. The molecule has 0 saturated carbocycles. The van der Waals surface area contributed by atoms with Crippen molar-refractivity contribution in [3.63, 3.8) is 0 Å². The first-order valence-electron chi connectivity index (χ1n) is 8.60. The van der Waals surface area contributed by atoms with Gasteiger partial charge in [-0.1, -0.05) is 36.4 Å². The number of nitrogens with zero attached hydrogens (tertiary/aromatic N) is 3. The zero-order valence-electron chi connectivity index (χ0n) is 15.9. The fourth-order valence-corrected chi connectivity index (χ4v) is 3.52. The van der Waals surface area contributed by atoms with Crippen LogP contribution in [0.5, 0.6) is 0 Å². The van der Waals surface area contributed by atoms with Gasteiger partial charge in [0.1, 0.15) is 6.54 Å². The molecule has 2 aromatic rings. The lowest BCUT2D eigenvalue weighted by Gasteiger charge is -2.27. The van der Waals surface area contributed by atoms with E-state index in [4.69, 9.17) is 0 Å². The molecule has 0 aliphatic rings. The van der Waals surface area contributed by atoms with Crippen LogP contribution in [0.15, 0.2) is 60.7 Å². The number of hydrogen-bond acceptors (Lipinski definition) is 4. The molecule has 0 aliphatic carbocycles. The Morgan fingerprint density at radius 3 is 1.93 bits per heavy atom. The molecule has 1 amide bonds. The summed E-state index contributed by atoms with van der Waals surface area (Å²) in [7, 11) is 1.05. The molecule has 0 heterocycles. The van der Waals surface area contributed by atoms with Crippen molar-refractivity contribution in [2.45, 2.75) is 0 Å². The summed E-state index contributed by atoms with van der Waals surface area (Å²) in [5.41, 5.74) is 1.50. The Bertz CT molecular complexity index is 827. The normalized spacial score (nSPS) is 11.3. The Labute approximate surface area is 161 Å². The summed E-state index contributed by atoms with van der Waals surface area (Å²) >= 11 is 0. The monoisotopic (exact) mass is 390 g/mol. The zero-order chi connectivity index (χ0) is 19.9. The van der Waals surface area contributed by atoms with E-state index in [0.29, 0.717) is 18.8 Å². The van der Waals surface area contributed by atoms with Crippen LogP contribution >= 0.6 is 0 Å². The van der Waals surface area contributed by atoms with E-state index in [2.05, 4.69) is 5.32 Å². The quantitative estimate of drug-likeness (QED) is 0.705. The van der Waals surface area contributed by atoms with Crippen LogP contribution in [0.4, 0.5) is 11.4 Å². The minimum atomic E-state index is -3.78. The van der Waals surface area contributed by atoms with E-state index in [1.165, 1.54) is 14.1 Å². The number of anilines is 2. The summed E-state index contributed by atoms with van der Waals surface area (Å²) in [6, 6.07) is 18.4. The van der Waals surface area contributed by atoms with Crippen molar-refractivity contribution in [3.05, 3.63) is 60.7 Å². The largest absolute Gasteiger partial charge is 0.373 e. The smallest absolute Gasteiger partial charge is 0.304 e. The average molecular weight is 391 g/mol. The number of carbonyl (C=O) groups is 1.